The van der Waals surface area contributed by atoms with E-state index in [0.29, 0.717) is 37.6 Å². The van der Waals surface area contributed by atoms with Crippen molar-refractivity contribution in [3.8, 4) is 0 Å². The van der Waals surface area contributed by atoms with E-state index in [1.165, 1.54) is 12.1 Å². The van der Waals surface area contributed by atoms with Crippen LogP contribution < -0.4 is 10.6 Å². The predicted molar refractivity (Wildman–Crippen MR) is 118 cm³/mol. The Balaban J connectivity index is 1.44. The third kappa shape index (κ3) is 4.71. The number of nitrogens with zero attached hydrogens (tertiary/aromatic N) is 4. The van der Waals surface area contributed by atoms with Crippen LogP contribution in [0.1, 0.15) is 43.1 Å². The van der Waals surface area contributed by atoms with Crippen molar-refractivity contribution < 1.29 is 13.2 Å². The summed E-state index contributed by atoms with van der Waals surface area (Å²) in [7, 11) is 0. The van der Waals surface area contributed by atoms with Crippen LogP contribution in [-0.4, -0.2) is 40.2 Å². The molecule has 1 aromatic carbocycles. The lowest BCUT2D eigenvalue weighted by Gasteiger charge is -2.41. The normalized spacial score (nSPS) is 16.1. The summed E-state index contributed by atoms with van der Waals surface area (Å²) >= 11 is 0. The Morgan fingerprint density at radius 2 is 1.97 bits per heavy atom. The molecule has 0 spiro atoms. The number of aliphatic imine (C=N–C) groups is 1. The molecule has 1 fully saturated rings. The zero-order valence-corrected chi connectivity index (χ0v) is 18.0. The topological polar surface area (TPSA) is 66.6 Å². The third-order valence-electron chi connectivity index (χ3n) is 6.02. The van der Waals surface area contributed by atoms with Crippen LogP contribution in [-0.2, 0) is 18.0 Å². The molecular weight excluding hydrogens is 417 g/mol. The summed E-state index contributed by atoms with van der Waals surface area (Å²) in [5, 5.41) is 14.9. The largest absolute Gasteiger partial charge is 0.416 e. The van der Waals surface area contributed by atoms with E-state index < -0.39 is 11.7 Å². The number of aromatic nitrogens is 3. The highest BCUT2D eigenvalue weighted by molar-refractivity contribution is 5.79. The zero-order valence-electron chi connectivity index (χ0n) is 18.0. The second-order valence-electron chi connectivity index (χ2n) is 8.13. The minimum atomic E-state index is -4.34. The highest BCUT2D eigenvalue weighted by Gasteiger charge is 2.40. The quantitative estimate of drug-likeness (QED) is 0.428. The van der Waals surface area contributed by atoms with Gasteiger partial charge in [-0.05, 0) is 43.5 Å². The number of nitrogens with one attached hydrogen (secondary N) is 2. The average molecular weight is 445 g/mol. The lowest BCUT2D eigenvalue weighted by atomic mass is 9.64. The van der Waals surface area contributed by atoms with E-state index in [2.05, 4.69) is 20.8 Å². The first-order valence-electron chi connectivity index (χ1n) is 10.9. The smallest absolute Gasteiger partial charge is 0.357 e. The van der Waals surface area contributed by atoms with E-state index in [1.807, 2.05) is 35.7 Å². The highest BCUT2D eigenvalue weighted by Crippen LogP contribution is 2.45. The minimum Gasteiger partial charge on any atom is -0.357 e. The lowest BCUT2D eigenvalue weighted by Crippen LogP contribution is -2.42. The number of benzene rings is 1. The maximum atomic E-state index is 13.2. The molecule has 3 aromatic rings. The van der Waals surface area contributed by atoms with Gasteiger partial charge in [-0.15, -0.1) is 10.2 Å². The van der Waals surface area contributed by atoms with Crippen LogP contribution in [0.25, 0.3) is 5.65 Å². The van der Waals surface area contributed by atoms with Crippen LogP contribution in [0.15, 0.2) is 53.7 Å². The number of hydrogen-bond donors (Lipinski definition) is 2. The molecule has 0 atom stereocenters. The van der Waals surface area contributed by atoms with Gasteiger partial charge in [0, 0.05) is 31.1 Å². The van der Waals surface area contributed by atoms with Crippen LogP contribution in [0.3, 0.4) is 0 Å². The minimum absolute atomic E-state index is 0.340. The SMILES string of the molecule is CCNC(=NCC1(c2cccc(C(F)(F)F)c2)CCC1)NCCc1nnc2ccccn12. The molecule has 170 valence electrons. The van der Waals surface area contributed by atoms with Crippen molar-refractivity contribution in [3.05, 3.63) is 65.6 Å². The first kappa shape index (κ1) is 22.1. The molecule has 2 heterocycles. The fraction of sp³-hybridized carbons (Fsp3) is 0.435. The van der Waals surface area contributed by atoms with Gasteiger partial charge in [-0.3, -0.25) is 9.39 Å². The summed E-state index contributed by atoms with van der Waals surface area (Å²) in [5.41, 5.74) is 0.576. The van der Waals surface area contributed by atoms with E-state index in [1.54, 1.807) is 6.07 Å². The number of hydrogen-bond acceptors (Lipinski definition) is 3. The Hall–Kier alpha value is -3.10. The summed E-state index contributed by atoms with van der Waals surface area (Å²) in [4.78, 5) is 4.73. The molecule has 0 unspecified atom stereocenters. The van der Waals surface area contributed by atoms with Gasteiger partial charge in [0.25, 0.3) is 0 Å². The van der Waals surface area contributed by atoms with E-state index >= 15 is 0 Å². The average Bonchev–Trinajstić information content (AvgIpc) is 3.16. The Labute approximate surface area is 185 Å². The molecule has 6 nitrogen and oxygen atoms in total. The molecule has 4 rings (SSSR count). The van der Waals surface area contributed by atoms with Crippen molar-refractivity contribution in [1.29, 1.82) is 0 Å². The van der Waals surface area contributed by atoms with Gasteiger partial charge in [-0.1, -0.05) is 30.7 Å². The maximum absolute atomic E-state index is 13.2. The molecule has 1 aliphatic rings. The summed E-state index contributed by atoms with van der Waals surface area (Å²) in [5.74, 6) is 1.50. The Bertz CT molecular complexity index is 1080. The number of halogens is 3. The van der Waals surface area contributed by atoms with Crippen LogP contribution in [0.5, 0.6) is 0 Å². The van der Waals surface area contributed by atoms with E-state index in [9.17, 15) is 13.2 Å². The standard InChI is InChI=1S/C23H27F3N6/c1-2-27-21(28-13-10-20-31-30-19-9-3-4-14-32(19)20)29-16-22(11-6-12-22)17-7-5-8-18(15-17)23(24,25)26/h3-5,7-9,14-15H,2,6,10-13,16H2,1H3,(H2,27,28,29). The van der Waals surface area contributed by atoms with Crippen molar-refractivity contribution in [1.82, 2.24) is 25.2 Å². The maximum Gasteiger partial charge on any atom is 0.416 e. The second kappa shape index (κ2) is 9.18. The second-order valence-corrected chi connectivity index (χ2v) is 8.13. The van der Waals surface area contributed by atoms with Gasteiger partial charge in [-0.25, -0.2) is 0 Å². The van der Waals surface area contributed by atoms with Crippen LogP contribution in [0.2, 0.25) is 0 Å². The van der Waals surface area contributed by atoms with Crippen molar-refractivity contribution in [3.63, 3.8) is 0 Å². The molecule has 0 bridgehead atoms. The van der Waals surface area contributed by atoms with Crippen LogP contribution in [0.4, 0.5) is 13.2 Å². The molecule has 1 aliphatic carbocycles. The lowest BCUT2D eigenvalue weighted by molar-refractivity contribution is -0.137. The van der Waals surface area contributed by atoms with Gasteiger partial charge in [0.1, 0.15) is 5.82 Å². The number of rotatable bonds is 7. The van der Waals surface area contributed by atoms with Gasteiger partial charge in [0.2, 0.25) is 0 Å². The van der Waals surface area contributed by atoms with Gasteiger partial charge in [0.05, 0.1) is 12.1 Å². The van der Waals surface area contributed by atoms with E-state index in [4.69, 9.17) is 4.99 Å². The van der Waals surface area contributed by atoms with Gasteiger partial charge < -0.3 is 10.6 Å². The number of alkyl halides is 3. The van der Waals surface area contributed by atoms with Crippen LogP contribution in [0, 0.1) is 0 Å². The third-order valence-corrected chi connectivity index (χ3v) is 6.02. The van der Waals surface area contributed by atoms with Crippen molar-refractivity contribution in [2.45, 2.75) is 44.2 Å². The van der Waals surface area contributed by atoms with Gasteiger partial charge >= 0.3 is 6.18 Å². The Morgan fingerprint density at radius 3 is 2.69 bits per heavy atom. The van der Waals surface area contributed by atoms with Crippen molar-refractivity contribution >= 4 is 11.6 Å². The monoisotopic (exact) mass is 444 g/mol. The highest BCUT2D eigenvalue weighted by atomic mass is 19.4. The van der Waals surface area contributed by atoms with Gasteiger partial charge in [0.15, 0.2) is 11.6 Å². The summed E-state index contributed by atoms with van der Waals surface area (Å²) in [6.07, 6.45) is 0.919. The first-order valence-corrected chi connectivity index (χ1v) is 10.9. The van der Waals surface area contributed by atoms with Crippen LogP contribution >= 0.6 is 0 Å². The Morgan fingerprint density at radius 1 is 1.12 bits per heavy atom. The molecule has 0 aliphatic heterocycles. The number of fused-ring (bicyclic) bond motifs is 1. The molecule has 32 heavy (non-hydrogen) atoms. The number of guanidine groups is 1. The van der Waals surface area contributed by atoms with Crippen molar-refractivity contribution in [2.75, 3.05) is 19.6 Å². The zero-order chi connectivity index (χ0) is 22.6. The summed E-state index contributed by atoms with van der Waals surface area (Å²) < 4.78 is 41.5. The summed E-state index contributed by atoms with van der Waals surface area (Å²) in [6, 6.07) is 11.5. The molecule has 1 saturated carbocycles. The first-order chi connectivity index (χ1) is 15.4. The fourth-order valence-corrected chi connectivity index (χ4v) is 4.09. The van der Waals surface area contributed by atoms with Gasteiger partial charge in [-0.2, -0.15) is 13.2 Å². The van der Waals surface area contributed by atoms with Crippen molar-refractivity contribution in [2.24, 2.45) is 4.99 Å². The number of pyridine rings is 1. The molecule has 2 N–H and O–H groups in total. The fourth-order valence-electron chi connectivity index (χ4n) is 4.09. The molecular formula is C23H27F3N6. The molecule has 2 aromatic heterocycles. The predicted octanol–water partition coefficient (Wildman–Crippen LogP) is 3.97. The molecule has 0 saturated heterocycles. The van der Waals surface area contributed by atoms with E-state index in [0.717, 1.165) is 36.8 Å². The molecule has 0 radical (unpaired) electrons. The van der Waals surface area contributed by atoms with E-state index in [-0.39, 0.29) is 5.41 Å². The summed E-state index contributed by atoms with van der Waals surface area (Å²) in [6.45, 7) is 3.72. The molecule has 9 heteroatoms. The molecule has 0 amide bonds. The Kier molecular flexibility index (Phi) is 6.34.